The topological polar surface area (TPSA) is 29.3 Å². The van der Waals surface area contributed by atoms with Gasteiger partial charge < -0.3 is 10.6 Å². The summed E-state index contributed by atoms with van der Waals surface area (Å²) in [5.74, 6) is 2.44. The minimum absolute atomic E-state index is 0.677. The monoisotopic (exact) mass is 270 g/mol. The molecule has 1 heterocycles. The first-order chi connectivity index (χ1) is 8.33. The zero-order valence-corrected chi connectivity index (χ0v) is 11.6. The standard InChI is InChI=1S/C13H19ClN2S/c14-12-4-1-3-11(5-6-15)13(12)16-7-2-9-17-10-8-16/h1,3-4H,2,5-10,15H2. The Balaban J connectivity index is 2.27. The molecule has 0 aromatic heterocycles. The molecule has 0 unspecified atom stereocenters. The number of benzene rings is 1. The fourth-order valence-electron chi connectivity index (χ4n) is 2.24. The van der Waals surface area contributed by atoms with E-state index in [1.54, 1.807) is 0 Å². The molecule has 0 spiro atoms. The molecular formula is C13H19ClN2S. The number of anilines is 1. The Bertz CT molecular complexity index is 362. The van der Waals surface area contributed by atoms with E-state index in [9.17, 15) is 0 Å². The molecule has 0 bridgehead atoms. The average molecular weight is 271 g/mol. The molecule has 0 radical (unpaired) electrons. The van der Waals surface area contributed by atoms with E-state index in [1.807, 2.05) is 23.9 Å². The predicted molar refractivity (Wildman–Crippen MR) is 78.4 cm³/mol. The molecule has 4 heteroatoms. The lowest BCUT2D eigenvalue weighted by Gasteiger charge is -2.26. The zero-order valence-electron chi connectivity index (χ0n) is 9.99. The van der Waals surface area contributed by atoms with Crippen LogP contribution in [0.4, 0.5) is 5.69 Å². The van der Waals surface area contributed by atoms with Gasteiger partial charge in [0.1, 0.15) is 0 Å². The van der Waals surface area contributed by atoms with Crippen LogP contribution in [0.2, 0.25) is 5.02 Å². The van der Waals surface area contributed by atoms with E-state index in [-0.39, 0.29) is 0 Å². The number of rotatable bonds is 3. The Morgan fingerprint density at radius 3 is 3.00 bits per heavy atom. The Hall–Kier alpha value is -0.380. The predicted octanol–water partition coefficient (Wildman–Crippen LogP) is 2.78. The highest BCUT2D eigenvalue weighted by Crippen LogP contribution is 2.31. The number of para-hydroxylation sites is 1. The Kier molecular flexibility index (Phi) is 5.01. The number of hydrogen-bond acceptors (Lipinski definition) is 3. The molecule has 2 nitrogen and oxygen atoms in total. The van der Waals surface area contributed by atoms with Crippen molar-refractivity contribution in [3.05, 3.63) is 28.8 Å². The lowest BCUT2D eigenvalue weighted by atomic mass is 10.1. The molecular weight excluding hydrogens is 252 g/mol. The van der Waals surface area contributed by atoms with Crippen LogP contribution >= 0.6 is 23.4 Å². The number of nitrogens with two attached hydrogens (primary N) is 1. The number of hydrogen-bond donors (Lipinski definition) is 1. The summed E-state index contributed by atoms with van der Waals surface area (Å²) >= 11 is 8.39. The van der Waals surface area contributed by atoms with Gasteiger partial charge in [0, 0.05) is 18.8 Å². The minimum atomic E-state index is 0.677. The molecule has 17 heavy (non-hydrogen) atoms. The van der Waals surface area contributed by atoms with Gasteiger partial charge in [-0.05, 0) is 36.8 Å². The maximum Gasteiger partial charge on any atom is 0.0642 e. The summed E-state index contributed by atoms with van der Waals surface area (Å²) in [5, 5.41) is 0.864. The SMILES string of the molecule is NCCc1cccc(Cl)c1N1CCCSCC1. The van der Waals surface area contributed by atoms with Gasteiger partial charge in [0.2, 0.25) is 0 Å². The van der Waals surface area contributed by atoms with Gasteiger partial charge in [0.25, 0.3) is 0 Å². The maximum absolute atomic E-state index is 6.36. The summed E-state index contributed by atoms with van der Waals surface area (Å²) in [6.45, 7) is 2.87. The second kappa shape index (κ2) is 6.53. The molecule has 0 aliphatic carbocycles. The van der Waals surface area contributed by atoms with Gasteiger partial charge in [-0.3, -0.25) is 0 Å². The third-order valence-electron chi connectivity index (χ3n) is 3.02. The van der Waals surface area contributed by atoms with Crippen LogP contribution in [0.1, 0.15) is 12.0 Å². The summed E-state index contributed by atoms with van der Waals surface area (Å²) in [4.78, 5) is 2.42. The molecule has 1 fully saturated rings. The Labute approximate surface area is 113 Å². The van der Waals surface area contributed by atoms with Crippen LogP contribution in [0, 0.1) is 0 Å². The van der Waals surface area contributed by atoms with E-state index in [4.69, 9.17) is 17.3 Å². The fraction of sp³-hybridized carbons (Fsp3) is 0.538. The van der Waals surface area contributed by atoms with E-state index in [0.29, 0.717) is 6.54 Å². The minimum Gasteiger partial charge on any atom is -0.369 e. The average Bonchev–Trinajstić information content (AvgIpc) is 2.58. The first kappa shape index (κ1) is 13.1. The van der Waals surface area contributed by atoms with Gasteiger partial charge in [-0.25, -0.2) is 0 Å². The van der Waals surface area contributed by atoms with Gasteiger partial charge in [0.05, 0.1) is 10.7 Å². The van der Waals surface area contributed by atoms with Gasteiger partial charge in [-0.1, -0.05) is 23.7 Å². The van der Waals surface area contributed by atoms with Crippen LogP contribution in [0.25, 0.3) is 0 Å². The summed E-state index contributed by atoms with van der Waals surface area (Å²) in [7, 11) is 0. The third-order valence-corrected chi connectivity index (χ3v) is 4.38. The smallest absolute Gasteiger partial charge is 0.0642 e. The second-order valence-electron chi connectivity index (χ2n) is 4.24. The first-order valence-corrected chi connectivity index (χ1v) is 7.66. The Morgan fingerprint density at radius 1 is 1.29 bits per heavy atom. The van der Waals surface area contributed by atoms with E-state index in [1.165, 1.54) is 29.2 Å². The van der Waals surface area contributed by atoms with E-state index >= 15 is 0 Å². The molecule has 1 aliphatic heterocycles. The van der Waals surface area contributed by atoms with Gasteiger partial charge in [-0.2, -0.15) is 11.8 Å². The van der Waals surface area contributed by atoms with Crippen molar-refractivity contribution in [2.45, 2.75) is 12.8 Å². The van der Waals surface area contributed by atoms with Crippen molar-refractivity contribution in [1.29, 1.82) is 0 Å². The molecule has 1 aromatic carbocycles. The Morgan fingerprint density at radius 2 is 2.18 bits per heavy atom. The van der Waals surface area contributed by atoms with Crippen molar-refractivity contribution in [3.8, 4) is 0 Å². The van der Waals surface area contributed by atoms with Crippen molar-refractivity contribution in [2.24, 2.45) is 5.73 Å². The lowest BCUT2D eigenvalue weighted by Crippen LogP contribution is -2.27. The van der Waals surface area contributed by atoms with Crippen LogP contribution in [0.15, 0.2) is 18.2 Å². The van der Waals surface area contributed by atoms with Gasteiger partial charge in [-0.15, -0.1) is 0 Å². The summed E-state index contributed by atoms with van der Waals surface area (Å²) in [5.41, 5.74) is 8.17. The molecule has 2 rings (SSSR count). The molecule has 0 atom stereocenters. The molecule has 1 aliphatic rings. The van der Waals surface area contributed by atoms with Crippen molar-refractivity contribution in [2.75, 3.05) is 36.0 Å². The van der Waals surface area contributed by atoms with Crippen molar-refractivity contribution < 1.29 is 0 Å². The largest absolute Gasteiger partial charge is 0.369 e. The zero-order chi connectivity index (χ0) is 12.1. The van der Waals surface area contributed by atoms with Crippen LogP contribution in [0.5, 0.6) is 0 Å². The quantitative estimate of drug-likeness (QED) is 0.916. The first-order valence-electron chi connectivity index (χ1n) is 6.13. The van der Waals surface area contributed by atoms with E-state index in [0.717, 1.165) is 24.5 Å². The number of thioether (sulfide) groups is 1. The van der Waals surface area contributed by atoms with E-state index < -0.39 is 0 Å². The second-order valence-corrected chi connectivity index (χ2v) is 5.87. The highest BCUT2D eigenvalue weighted by molar-refractivity contribution is 7.99. The number of halogens is 1. The van der Waals surface area contributed by atoms with Crippen molar-refractivity contribution >= 4 is 29.1 Å². The van der Waals surface area contributed by atoms with Crippen molar-refractivity contribution in [1.82, 2.24) is 0 Å². The summed E-state index contributed by atoms with van der Waals surface area (Å²) < 4.78 is 0. The highest BCUT2D eigenvalue weighted by atomic mass is 35.5. The number of nitrogens with zero attached hydrogens (tertiary/aromatic N) is 1. The third kappa shape index (κ3) is 3.30. The fourth-order valence-corrected chi connectivity index (χ4v) is 3.44. The van der Waals surface area contributed by atoms with Gasteiger partial charge in [0.15, 0.2) is 0 Å². The normalized spacial score (nSPS) is 16.9. The molecule has 94 valence electrons. The van der Waals surface area contributed by atoms with Gasteiger partial charge >= 0.3 is 0 Å². The molecule has 0 saturated carbocycles. The summed E-state index contributed by atoms with van der Waals surface area (Å²) in [6.07, 6.45) is 2.14. The van der Waals surface area contributed by atoms with Crippen LogP contribution in [-0.2, 0) is 6.42 Å². The van der Waals surface area contributed by atoms with Crippen LogP contribution < -0.4 is 10.6 Å². The molecule has 2 N–H and O–H groups in total. The lowest BCUT2D eigenvalue weighted by molar-refractivity contribution is 0.806. The van der Waals surface area contributed by atoms with Crippen LogP contribution in [0.3, 0.4) is 0 Å². The molecule has 0 amide bonds. The van der Waals surface area contributed by atoms with Crippen LogP contribution in [-0.4, -0.2) is 31.1 Å². The highest BCUT2D eigenvalue weighted by Gasteiger charge is 2.16. The summed E-state index contributed by atoms with van der Waals surface area (Å²) in [6, 6.07) is 6.14. The van der Waals surface area contributed by atoms with E-state index in [2.05, 4.69) is 11.0 Å². The van der Waals surface area contributed by atoms with Crippen molar-refractivity contribution in [3.63, 3.8) is 0 Å². The maximum atomic E-state index is 6.36. The molecule has 1 saturated heterocycles. The molecule has 1 aromatic rings.